The van der Waals surface area contributed by atoms with Crippen LogP contribution < -0.4 is 0 Å². The molecule has 0 radical (unpaired) electrons. The van der Waals surface area contributed by atoms with Gasteiger partial charge in [-0.05, 0) is 44.4 Å². The molecule has 5 nitrogen and oxygen atoms in total. The second-order valence-electron chi connectivity index (χ2n) is 6.58. The number of amides is 1. The molecule has 23 heavy (non-hydrogen) atoms. The third kappa shape index (κ3) is 2.53. The number of nitrogens with zero attached hydrogens (tertiary/aromatic N) is 1. The van der Waals surface area contributed by atoms with Crippen LogP contribution in [0.15, 0.2) is 24.3 Å². The second kappa shape index (κ2) is 5.96. The van der Waals surface area contributed by atoms with Crippen molar-refractivity contribution < 1.29 is 19.4 Å². The summed E-state index contributed by atoms with van der Waals surface area (Å²) >= 11 is 0. The van der Waals surface area contributed by atoms with Crippen molar-refractivity contribution in [1.29, 1.82) is 0 Å². The zero-order chi connectivity index (χ0) is 16.6. The van der Waals surface area contributed by atoms with Crippen LogP contribution in [-0.4, -0.2) is 47.7 Å². The maximum absolute atomic E-state index is 12.7. The standard InChI is InChI=1S/C18H23NO4/c1-3-23-15-11-14(18(15)8-5-9-18)19(2)16(20)12-6-4-7-13(10-12)17(21)22/h4,6-7,10,14-15H,3,5,8-9,11H2,1-2H3,(H,21,22). The predicted molar refractivity (Wildman–Crippen MR) is 85.6 cm³/mol. The van der Waals surface area contributed by atoms with E-state index in [1.54, 1.807) is 17.0 Å². The highest BCUT2D eigenvalue weighted by Crippen LogP contribution is 2.59. The Bertz CT molecular complexity index is 623. The maximum Gasteiger partial charge on any atom is 0.335 e. The third-order valence-electron chi connectivity index (χ3n) is 5.54. The van der Waals surface area contributed by atoms with Gasteiger partial charge in [0.15, 0.2) is 0 Å². The largest absolute Gasteiger partial charge is 0.478 e. The molecule has 0 aliphatic heterocycles. The lowest BCUT2D eigenvalue weighted by Gasteiger charge is -2.63. The number of carbonyl (C=O) groups excluding carboxylic acids is 1. The number of carbonyl (C=O) groups is 2. The molecule has 1 aromatic carbocycles. The molecule has 124 valence electrons. The van der Waals surface area contributed by atoms with E-state index in [1.165, 1.54) is 18.6 Å². The van der Waals surface area contributed by atoms with Crippen molar-refractivity contribution in [3.05, 3.63) is 35.4 Å². The predicted octanol–water partition coefficient (Wildman–Crippen LogP) is 2.80. The maximum atomic E-state index is 12.7. The van der Waals surface area contributed by atoms with Crippen molar-refractivity contribution >= 4 is 11.9 Å². The fraction of sp³-hybridized carbons (Fsp3) is 0.556. The molecule has 1 aromatic rings. The van der Waals surface area contributed by atoms with Gasteiger partial charge in [0.05, 0.1) is 11.7 Å². The molecule has 2 unspecified atom stereocenters. The smallest absolute Gasteiger partial charge is 0.335 e. The number of hydrogen-bond donors (Lipinski definition) is 1. The van der Waals surface area contributed by atoms with Gasteiger partial charge < -0.3 is 14.7 Å². The van der Waals surface area contributed by atoms with Gasteiger partial charge in [-0.2, -0.15) is 0 Å². The quantitative estimate of drug-likeness (QED) is 0.907. The molecule has 2 atom stereocenters. The molecular weight excluding hydrogens is 294 g/mol. The summed E-state index contributed by atoms with van der Waals surface area (Å²) < 4.78 is 5.84. The van der Waals surface area contributed by atoms with Gasteiger partial charge in [-0.15, -0.1) is 0 Å². The lowest BCUT2D eigenvalue weighted by molar-refractivity contribution is -0.192. The Morgan fingerprint density at radius 2 is 2.04 bits per heavy atom. The lowest BCUT2D eigenvalue weighted by atomic mass is 9.50. The first-order valence-electron chi connectivity index (χ1n) is 8.21. The van der Waals surface area contributed by atoms with E-state index in [9.17, 15) is 9.59 Å². The van der Waals surface area contributed by atoms with Crippen LogP contribution in [0, 0.1) is 5.41 Å². The molecule has 2 saturated carbocycles. The van der Waals surface area contributed by atoms with E-state index in [-0.39, 0.29) is 29.0 Å². The molecule has 1 spiro atoms. The number of aromatic carboxylic acids is 1. The van der Waals surface area contributed by atoms with Crippen LogP contribution in [0.2, 0.25) is 0 Å². The van der Waals surface area contributed by atoms with Gasteiger partial charge in [0.2, 0.25) is 0 Å². The van der Waals surface area contributed by atoms with Gasteiger partial charge in [-0.1, -0.05) is 12.5 Å². The minimum Gasteiger partial charge on any atom is -0.478 e. The highest BCUT2D eigenvalue weighted by Gasteiger charge is 2.60. The van der Waals surface area contributed by atoms with E-state index in [0.29, 0.717) is 12.2 Å². The van der Waals surface area contributed by atoms with Gasteiger partial charge in [0.25, 0.3) is 5.91 Å². The summed E-state index contributed by atoms with van der Waals surface area (Å²) in [6.45, 7) is 2.71. The first kappa shape index (κ1) is 16.0. The molecule has 1 amide bonds. The van der Waals surface area contributed by atoms with Crippen molar-refractivity contribution in [2.45, 2.75) is 44.8 Å². The minimum atomic E-state index is -1.02. The van der Waals surface area contributed by atoms with Crippen molar-refractivity contribution in [3.8, 4) is 0 Å². The van der Waals surface area contributed by atoms with Crippen LogP contribution in [0.1, 0.15) is 53.3 Å². The molecule has 0 bridgehead atoms. The van der Waals surface area contributed by atoms with Gasteiger partial charge in [-0.3, -0.25) is 4.79 Å². The molecule has 1 N–H and O–H groups in total. The number of hydrogen-bond acceptors (Lipinski definition) is 3. The second-order valence-corrected chi connectivity index (χ2v) is 6.58. The first-order valence-corrected chi connectivity index (χ1v) is 8.21. The fourth-order valence-electron chi connectivity index (χ4n) is 4.08. The summed E-state index contributed by atoms with van der Waals surface area (Å²) in [5.41, 5.74) is 0.690. The molecule has 3 rings (SSSR count). The highest BCUT2D eigenvalue weighted by molar-refractivity contribution is 5.97. The van der Waals surface area contributed by atoms with Crippen molar-refractivity contribution in [2.75, 3.05) is 13.7 Å². The molecule has 2 fully saturated rings. The molecule has 2 aliphatic rings. The van der Waals surface area contributed by atoms with E-state index in [4.69, 9.17) is 9.84 Å². The Labute approximate surface area is 136 Å². The van der Waals surface area contributed by atoms with Crippen LogP contribution in [0.25, 0.3) is 0 Å². The Morgan fingerprint density at radius 3 is 2.61 bits per heavy atom. The van der Waals surface area contributed by atoms with Crippen LogP contribution >= 0.6 is 0 Å². The van der Waals surface area contributed by atoms with Crippen LogP contribution in [0.4, 0.5) is 0 Å². The summed E-state index contributed by atoms with van der Waals surface area (Å²) in [6.07, 6.45) is 4.53. The van der Waals surface area contributed by atoms with E-state index in [0.717, 1.165) is 19.3 Å². The molecule has 0 saturated heterocycles. The monoisotopic (exact) mass is 317 g/mol. The zero-order valence-corrected chi connectivity index (χ0v) is 13.6. The topological polar surface area (TPSA) is 66.8 Å². The normalized spacial score (nSPS) is 24.6. The molecule has 0 aromatic heterocycles. The lowest BCUT2D eigenvalue weighted by Crippen LogP contribution is -2.67. The minimum absolute atomic E-state index is 0.112. The van der Waals surface area contributed by atoms with Gasteiger partial charge in [0, 0.05) is 30.7 Å². The number of carboxylic acid groups (broad SMARTS) is 1. The molecular formula is C18H23NO4. The molecule has 2 aliphatic carbocycles. The summed E-state index contributed by atoms with van der Waals surface area (Å²) in [4.78, 5) is 25.6. The number of ether oxygens (including phenoxy) is 1. The van der Waals surface area contributed by atoms with Gasteiger partial charge >= 0.3 is 5.97 Å². The Kier molecular flexibility index (Phi) is 4.15. The van der Waals surface area contributed by atoms with E-state index in [2.05, 4.69) is 0 Å². The average molecular weight is 317 g/mol. The van der Waals surface area contributed by atoms with Gasteiger partial charge in [0.1, 0.15) is 0 Å². The summed E-state index contributed by atoms with van der Waals surface area (Å²) in [5, 5.41) is 9.08. The molecule has 5 heteroatoms. The van der Waals surface area contributed by atoms with Crippen LogP contribution in [0.3, 0.4) is 0 Å². The zero-order valence-electron chi connectivity index (χ0n) is 13.6. The third-order valence-corrected chi connectivity index (χ3v) is 5.54. The van der Waals surface area contributed by atoms with E-state index >= 15 is 0 Å². The van der Waals surface area contributed by atoms with Crippen molar-refractivity contribution in [2.24, 2.45) is 5.41 Å². The number of rotatable bonds is 5. The summed E-state index contributed by atoms with van der Waals surface area (Å²) in [7, 11) is 1.82. The van der Waals surface area contributed by atoms with E-state index in [1.807, 2.05) is 14.0 Å². The summed E-state index contributed by atoms with van der Waals surface area (Å²) in [5.74, 6) is -1.13. The number of carboxylic acids is 1. The van der Waals surface area contributed by atoms with Crippen LogP contribution in [-0.2, 0) is 4.74 Å². The highest BCUT2D eigenvalue weighted by atomic mass is 16.5. The summed E-state index contributed by atoms with van der Waals surface area (Å²) in [6, 6.07) is 6.44. The van der Waals surface area contributed by atoms with Crippen molar-refractivity contribution in [3.63, 3.8) is 0 Å². The van der Waals surface area contributed by atoms with Crippen molar-refractivity contribution in [1.82, 2.24) is 4.90 Å². The Morgan fingerprint density at radius 1 is 1.35 bits per heavy atom. The number of benzene rings is 1. The first-order chi connectivity index (χ1) is 11.0. The van der Waals surface area contributed by atoms with Crippen LogP contribution in [0.5, 0.6) is 0 Å². The molecule has 0 heterocycles. The Hall–Kier alpha value is -1.88. The SMILES string of the molecule is CCOC1CC(N(C)C(=O)c2cccc(C(=O)O)c2)C12CCC2. The average Bonchev–Trinajstić information content (AvgIpc) is 2.48. The fourth-order valence-corrected chi connectivity index (χ4v) is 4.08. The van der Waals surface area contributed by atoms with Gasteiger partial charge in [-0.25, -0.2) is 4.79 Å². The Balaban J connectivity index is 1.76. The van der Waals surface area contributed by atoms with E-state index < -0.39 is 5.97 Å².